The quantitative estimate of drug-likeness (QED) is 0.121. The number of furan rings is 1. The van der Waals surface area contributed by atoms with Crippen molar-refractivity contribution in [2.75, 3.05) is 14.2 Å². The highest BCUT2D eigenvalue weighted by molar-refractivity contribution is 7.89. The molecule has 0 bridgehead atoms. The molecule has 0 radical (unpaired) electrons. The minimum absolute atomic E-state index is 0.0590. The molecule has 1 aliphatic heterocycles. The van der Waals surface area contributed by atoms with Crippen LogP contribution in [-0.4, -0.2) is 43.7 Å². The molecule has 0 saturated heterocycles. The van der Waals surface area contributed by atoms with Gasteiger partial charge in [-0.15, -0.1) is 0 Å². The summed E-state index contributed by atoms with van der Waals surface area (Å²) >= 11 is 12.5. The second-order valence-corrected chi connectivity index (χ2v) is 13.7. The number of nitrogens with zero attached hydrogens (tertiary/aromatic N) is 2. The lowest BCUT2D eigenvalue weighted by molar-refractivity contribution is -0.136. The van der Waals surface area contributed by atoms with Crippen LogP contribution in [-0.2, 0) is 44.0 Å². The summed E-state index contributed by atoms with van der Waals surface area (Å²) in [5.74, 6) is 0.165. The normalized spacial score (nSPS) is 14.4. The summed E-state index contributed by atoms with van der Waals surface area (Å²) in [7, 11) is -1.19. The molecule has 0 atom stereocenters. The van der Waals surface area contributed by atoms with Crippen LogP contribution >= 0.6 is 23.2 Å². The van der Waals surface area contributed by atoms with Crippen LogP contribution in [0.1, 0.15) is 35.1 Å². The number of methoxy groups -OCH3 is 2. The van der Waals surface area contributed by atoms with Crippen molar-refractivity contribution in [3.8, 4) is 5.75 Å². The number of allylic oxidation sites excluding steroid dienone is 1. The Morgan fingerprint density at radius 2 is 1.64 bits per heavy atom. The van der Waals surface area contributed by atoms with Crippen molar-refractivity contribution in [2.24, 2.45) is 0 Å². The van der Waals surface area contributed by atoms with E-state index in [0.717, 1.165) is 11.1 Å². The number of hydrogen-bond acceptors (Lipinski definition) is 7. The van der Waals surface area contributed by atoms with Crippen LogP contribution < -0.4 is 4.74 Å². The standard InChI is InChI=1S/C35H32Cl2N2O7S/c1-22-5-15-30(16-6-22)47(42,43)38(20-25-9-10-26(36)17-32(25)37)21-29-14-13-28(46-29)18-31-33(35(41)45-4)23(2)39(34(31)40)19-24-7-11-27(44-3)12-8-24/h5-18H,19-21H2,1-4H3/b31-18+. The number of hydrogen-bond donors (Lipinski definition) is 0. The van der Waals surface area contributed by atoms with Gasteiger partial charge >= 0.3 is 5.97 Å². The lowest BCUT2D eigenvalue weighted by Gasteiger charge is -2.22. The summed E-state index contributed by atoms with van der Waals surface area (Å²) < 4.78 is 45.2. The van der Waals surface area contributed by atoms with Gasteiger partial charge in [0, 0.05) is 22.3 Å². The molecule has 0 spiro atoms. The van der Waals surface area contributed by atoms with Crippen molar-refractivity contribution in [3.63, 3.8) is 0 Å². The van der Waals surface area contributed by atoms with Crippen LogP contribution in [0.2, 0.25) is 10.0 Å². The lowest BCUT2D eigenvalue weighted by Crippen LogP contribution is -2.30. The molecule has 9 nitrogen and oxygen atoms in total. The van der Waals surface area contributed by atoms with Gasteiger partial charge in [-0.05, 0) is 79.6 Å². The molecule has 244 valence electrons. The van der Waals surface area contributed by atoms with Crippen molar-refractivity contribution in [3.05, 3.63) is 134 Å². The fraction of sp³-hybridized carbons (Fsp3) is 0.200. The molecule has 12 heteroatoms. The molecular weight excluding hydrogens is 663 g/mol. The van der Waals surface area contributed by atoms with E-state index >= 15 is 0 Å². The van der Waals surface area contributed by atoms with Crippen LogP contribution in [0.3, 0.4) is 0 Å². The van der Waals surface area contributed by atoms with Gasteiger partial charge in [-0.1, -0.05) is 59.1 Å². The number of ether oxygens (including phenoxy) is 2. The van der Waals surface area contributed by atoms with Gasteiger partial charge < -0.3 is 18.8 Å². The van der Waals surface area contributed by atoms with Crippen LogP contribution in [0.15, 0.2) is 105 Å². The Balaban J connectivity index is 1.46. The first kappa shape index (κ1) is 34.0. The maximum atomic E-state index is 13.9. The highest BCUT2D eigenvalue weighted by Gasteiger charge is 2.37. The average molecular weight is 696 g/mol. The largest absolute Gasteiger partial charge is 0.497 e. The highest BCUT2D eigenvalue weighted by Crippen LogP contribution is 2.34. The smallest absolute Gasteiger partial charge is 0.340 e. The number of rotatable bonds is 11. The van der Waals surface area contributed by atoms with E-state index in [2.05, 4.69) is 0 Å². The summed E-state index contributed by atoms with van der Waals surface area (Å²) in [4.78, 5) is 28.1. The highest BCUT2D eigenvalue weighted by atomic mass is 35.5. The van der Waals surface area contributed by atoms with Crippen LogP contribution in [0.5, 0.6) is 5.75 Å². The molecule has 1 aliphatic rings. The zero-order valence-electron chi connectivity index (χ0n) is 26.1. The predicted molar refractivity (Wildman–Crippen MR) is 179 cm³/mol. The summed E-state index contributed by atoms with van der Waals surface area (Å²) in [6.07, 6.45) is 1.46. The average Bonchev–Trinajstić information content (AvgIpc) is 3.59. The van der Waals surface area contributed by atoms with Gasteiger partial charge in [-0.2, -0.15) is 4.31 Å². The van der Waals surface area contributed by atoms with Gasteiger partial charge in [0.2, 0.25) is 10.0 Å². The molecule has 2 heterocycles. The first-order chi connectivity index (χ1) is 22.4. The van der Waals surface area contributed by atoms with Gasteiger partial charge in [-0.25, -0.2) is 13.2 Å². The van der Waals surface area contributed by atoms with E-state index in [0.29, 0.717) is 32.8 Å². The number of benzene rings is 3. The van der Waals surface area contributed by atoms with Gasteiger partial charge in [-0.3, -0.25) is 4.79 Å². The Labute approximate surface area is 283 Å². The summed E-state index contributed by atoms with van der Waals surface area (Å²) in [6.45, 7) is 3.56. The predicted octanol–water partition coefficient (Wildman–Crippen LogP) is 7.17. The molecule has 5 rings (SSSR count). The van der Waals surface area contributed by atoms with Crippen LogP contribution in [0, 0.1) is 6.92 Å². The van der Waals surface area contributed by atoms with E-state index in [1.807, 2.05) is 19.1 Å². The molecular formula is C35H32Cl2N2O7S. The maximum Gasteiger partial charge on any atom is 0.340 e. The van der Waals surface area contributed by atoms with Gasteiger partial charge in [0.25, 0.3) is 5.91 Å². The zero-order chi connectivity index (χ0) is 33.9. The minimum atomic E-state index is -4.01. The van der Waals surface area contributed by atoms with Gasteiger partial charge in [0.1, 0.15) is 17.3 Å². The van der Waals surface area contributed by atoms with Gasteiger partial charge in [0.05, 0.1) is 43.4 Å². The monoisotopic (exact) mass is 694 g/mol. The lowest BCUT2D eigenvalue weighted by atomic mass is 10.1. The van der Waals surface area contributed by atoms with E-state index in [1.165, 1.54) is 22.4 Å². The Morgan fingerprint density at radius 3 is 2.28 bits per heavy atom. The first-order valence-electron chi connectivity index (χ1n) is 14.5. The molecule has 0 saturated carbocycles. The van der Waals surface area contributed by atoms with Crippen molar-refractivity contribution < 1.29 is 31.9 Å². The summed E-state index contributed by atoms with van der Waals surface area (Å²) in [6, 6.07) is 21.9. The van der Waals surface area contributed by atoms with Crippen molar-refractivity contribution in [2.45, 2.75) is 38.4 Å². The van der Waals surface area contributed by atoms with Crippen molar-refractivity contribution >= 4 is 51.2 Å². The summed E-state index contributed by atoms with van der Waals surface area (Å²) in [5.41, 5.74) is 2.95. The number of sulfonamides is 1. The van der Waals surface area contributed by atoms with Crippen LogP contribution in [0.4, 0.5) is 0 Å². The Hall–Kier alpha value is -4.35. The number of aryl methyl sites for hydroxylation is 1. The molecule has 0 aliphatic carbocycles. The van der Waals surface area contributed by atoms with Crippen molar-refractivity contribution in [1.29, 1.82) is 0 Å². The van der Waals surface area contributed by atoms with Gasteiger partial charge in [0.15, 0.2) is 0 Å². The molecule has 4 aromatic rings. The van der Waals surface area contributed by atoms with E-state index in [4.69, 9.17) is 37.1 Å². The molecule has 47 heavy (non-hydrogen) atoms. The van der Waals surface area contributed by atoms with Crippen molar-refractivity contribution in [1.82, 2.24) is 9.21 Å². The SMILES string of the molecule is COC(=O)C1=C(C)N(Cc2ccc(OC)cc2)C(=O)/C1=C/c1ccc(CN(Cc2ccc(Cl)cc2Cl)S(=O)(=O)c2ccc(C)cc2)o1. The molecule has 3 aromatic carbocycles. The Bertz CT molecular complexity index is 1980. The second kappa shape index (κ2) is 14.2. The molecule has 0 N–H and O–H groups in total. The van der Waals surface area contributed by atoms with E-state index < -0.39 is 21.9 Å². The Morgan fingerprint density at radius 1 is 0.936 bits per heavy atom. The number of carbonyl (C=O) groups excluding carboxylic acids is 2. The topological polar surface area (TPSA) is 106 Å². The molecule has 1 aromatic heterocycles. The molecule has 1 amide bonds. The fourth-order valence-corrected chi connectivity index (χ4v) is 6.98. The Kier molecular flexibility index (Phi) is 10.3. The maximum absolute atomic E-state index is 13.9. The number of carbonyl (C=O) groups is 2. The fourth-order valence-electron chi connectivity index (χ4n) is 5.13. The first-order valence-corrected chi connectivity index (χ1v) is 16.7. The molecule has 0 unspecified atom stereocenters. The van der Waals surface area contributed by atoms with E-state index in [-0.39, 0.29) is 41.4 Å². The third-order valence-corrected chi connectivity index (χ3v) is 10.1. The number of esters is 1. The number of amides is 1. The third kappa shape index (κ3) is 7.47. The number of halogens is 2. The van der Waals surface area contributed by atoms with Crippen LogP contribution in [0.25, 0.3) is 6.08 Å². The second-order valence-electron chi connectivity index (χ2n) is 10.9. The van der Waals surface area contributed by atoms with E-state index in [9.17, 15) is 18.0 Å². The summed E-state index contributed by atoms with van der Waals surface area (Å²) in [5, 5.41) is 0.748. The zero-order valence-corrected chi connectivity index (χ0v) is 28.4. The third-order valence-electron chi connectivity index (χ3n) is 7.72. The molecule has 0 fully saturated rings. The minimum Gasteiger partial charge on any atom is -0.497 e. The van der Waals surface area contributed by atoms with E-state index in [1.54, 1.807) is 80.8 Å².